The van der Waals surface area contributed by atoms with Gasteiger partial charge in [-0.15, -0.1) is 11.3 Å². The highest BCUT2D eigenvalue weighted by molar-refractivity contribution is 7.10. The van der Waals surface area contributed by atoms with E-state index in [1.54, 1.807) is 30.6 Å². The Morgan fingerprint density at radius 3 is 2.76 bits per heavy atom. The fourth-order valence-corrected chi connectivity index (χ4v) is 2.42. The Morgan fingerprint density at radius 1 is 1.29 bits per heavy atom. The predicted octanol–water partition coefficient (Wildman–Crippen LogP) is 2.55. The predicted molar refractivity (Wildman–Crippen MR) is 79.4 cm³/mol. The zero-order chi connectivity index (χ0) is 14.7. The molecule has 0 saturated heterocycles. The van der Waals surface area contributed by atoms with Gasteiger partial charge in [0, 0.05) is 22.8 Å². The van der Waals surface area contributed by atoms with Gasteiger partial charge in [0.25, 0.3) is 0 Å². The molecular weight excluding hydrogens is 288 g/mol. The molecule has 3 rings (SSSR count). The fraction of sp³-hybridized carbons (Fsp3) is 0. The number of carbonyl (C=O) groups is 1. The van der Waals surface area contributed by atoms with Crippen LogP contribution in [0.2, 0.25) is 0 Å². The fourth-order valence-electron chi connectivity index (χ4n) is 1.76. The summed E-state index contributed by atoms with van der Waals surface area (Å²) in [6, 6.07) is 7.22. The molecule has 3 heterocycles. The molecule has 0 aliphatic heterocycles. The van der Waals surface area contributed by atoms with Crippen molar-refractivity contribution >= 4 is 29.0 Å². The Bertz CT molecular complexity index is 778. The van der Waals surface area contributed by atoms with Crippen LogP contribution < -0.4 is 0 Å². The average molecular weight is 298 g/mol. The standard InChI is InChI=1S/C14H10N4O2S/c19-14(20)11(8-10-2-1-7-21-10)13-16-12(17-18-13)9-3-5-15-6-4-9/h1-8H,(H,19,20)(H,16,17,18)/b11-8+. The summed E-state index contributed by atoms with van der Waals surface area (Å²) in [6.07, 6.45) is 4.83. The van der Waals surface area contributed by atoms with Gasteiger partial charge < -0.3 is 5.11 Å². The van der Waals surface area contributed by atoms with E-state index in [0.717, 1.165) is 10.4 Å². The van der Waals surface area contributed by atoms with E-state index in [1.807, 2.05) is 17.5 Å². The first-order valence-corrected chi connectivity index (χ1v) is 6.93. The van der Waals surface area contributed by atoms with Crippen molar-refractivity contribution in [2.24, 2.45) is 0 Å². The Hall–Kier alpha value is -2.80. The van der Waals surface area contributed by atoms with E-state index in [1.165, 1.54) is 11.3 Å². The molecule has 0 aliphatic rings. The van der Waals surface area contributed by atoms with E-state index in [2.05, 4.69) is 20.2 Å². The smallest absolute Gasteiger partial charge is 0.339 e. The van der Waals surface area contributed by atoms with Gasteiger partial charge in [-0.1, -0.05) is 6.07 Å². The first kappa shape index (κ1) is 13.2. The lowest BCUT2D eigenvalue weighted by Crippen LogP contribution is -2.01. The highest BCUT2D eigenvalue weighted by atomic mass is 32.1. The van der Waals surface area contributed by atoms with E-state index in [0.29, 0.717) is 5.82 Å². The minimum atomic E-state index is -1.05. The molecule has 0 bridgehead atoms. The quantitative estimate of drug-likeness (QED) is 0.722. The van der Waals surface area contributed by atoms with Crippen LogP contribution in [0.5, 0.6) is 0 Å². The van der Waals surface area contributed by atoms with Gasteiger partial charge in [0.2, 0.25) is 0 Å². The number of carboxylic acids is 1. The van der Waals surface area contributed by atoms with Crippen LogP contribution in [-0.4, -0.2) is 31.2 Å². The van der Waals surface area contributed by atoms with Crippen LogP contribution in [-0.2, 0) is 4.79 Å². The van der Waals surface area contributed by atoms with Gasteiger partial charge >= 0.3 is 5.97 Å². The summed E-state index contributed by atoms with van der Waals surface area (Å²) in [5, 5.41) is 18.0. The molecule has 3 aromatic heterocycles. The first-order chi connectivity index (χ1) is 10.2. The molecular formula is C14H10N4O2S. The average Bonchev–Trinajstić information content (AvgIpc) is 3.17. The van der Waals surface area contributed by atoms with E-state index in [9.17, 15) is 9.90 Å². The van der Waals surface area contributed by atoms with E-state index < -0.39 is 5.97 Å². The highest BCUT2D eigenvalue weighted by Crippen LogP contribution is 2.21. The molecule has 0 fully saturated rings. The maximum atomic E-state index is 11.4. The number of hydrogen-bond donors (Lipinski definition) is 2. The van der Waals surface area contributed by atoms with Crippen molar-refractivity contribution in [1.82, 2.24) is 20.2 Å². The molecule has 0 aliphatic carbocycles. The van der Waals surface area contributed by atoms with E-state index in [-0.39, 0.29) is 11.4 Å². The normalized spacial score (nSPS) is 11.5. The largest absolute Gasteiger partial charge is 0.478 e. The van der Waals surface area contributed by atoms with Crippen LogP contribution in [0.15, 0.2) is 42.0 Å². The molecule has 0 atom stereocenters. The van der Waals surface area contributed by atoms with Gasteiger partial charge in [-0.2, -0.15) is 5.10 Å². The summed E-state index contributed by atoms with van der Waals surface area (Å²) in [6.45, 7) is 0. The second-order valence-corrected chi connectivity index (χ2v) is 5.10. The number of rotatable bonds is 4. The molecule has 0 amide bonds. The van der Waals surface area contributed by atoms with Crippen LogP contribution in [0.25, 0.3) is 23.0 Å². The van der Waals surface area contributed by atoms with Gasteiger partial charge in [0.05, 0.1) is 0 Å². The van der Waals surface area contributed by atoms with Gasteiger partial charge in [0.15, 0.2) is 11.6 Å². The Labute approximate surface area is 123 Å². The van der Waals surface area contributed by atoms with Crippen LogP contribution >= 0.6 is 11.3 Å². The van der Waals surface area contributed by atoms with Crippen molar-refractivity contribution in [2.75, 3.05) is 0 Å². The Kier molecular flexibility index (Phi) is 3.57. The molecule has 0 unspecified atom stereocenters. The van der Waals surface area contributed by atoms with Crippen molar-refractivity contribution in [1.29, 1.82) is 0 Å². The molecule has 6 nitrogen and oxygen atoms in total. The van der Waals surface area contributed by atoms with Crippen molar-refractivity contribution in [3.63, 3.8) is 0 Å². The zero-order valence-corrected chi connectivity index (χ0v) is 11.5. The number of nitrogens with zero attached hydrogens (tertiary/aromatic N) is 3. The zero-order valence-electron chi connectivity index (χ0n) is 10.7. The minimum Gasteiger partial charge on any atom is -0.478 e. The maximum absolute atomic E-state index is 11.4. The van der Waals surface area contributed by atoms with Crippen LogP contribution in [0.4, 0.5) is 0 Å². The molecule has 2 N–H and O–H groups in total. The van der Waals surface area contributed by atoms with Gasteiger partial charge in [-0.3, -0.25) is 10.1 Å². The maximum Gasteiger partial charge on any atom is 0.339 e. The summed E-state index contributed by atoms with van der Waals surface area (Å²) >= 11 is 1.46. The lowest BCUT2D eigenvalue weighted by Gasteiger charge is -1.96. The number of hydrogen-bond acceptors (Lipinski definition) is 5. The monoisotopic (exact) mass is 298 g/mol. The van der Waals surface area contributed by atoms with E-state index >= 15 is 0 Å². The first-order valence-electron chi connectivity index (χ1n) is 6.06. The number of carboxylic acid groups (broad SMARTS) is 1. The number of aromatic amines is 1. The van der Waals surface area contributed by atoms with Crippen LogP contribution in [0.3, 0.4) is 0 Å². The van der Waals surface area contributed by atoms with Crippen molar-refractivity contribution < 1.29 is 9.90 Å². The molecule has 0 aromatic carbocycles. The molecule has 0 radical (unpaired) electrons. The summed E-state index contributed by atoms with van der Waals surface area (Å²) in [7, 11) is 0. The third-order valence-electron chi connectivity index (χ3n) is 2.74. The lowest BCUT2D eigenvalue weighted by atomic mass is 10.2. The van der Waals surface area contributed by atoms with Gasteiger partial charge in [-0.05, 0) is 29.7 Å². The van der Waals surface area contributed by atoms with E-state index in [4.69, 9.17) is 0 Å². The van der Waals surface area contributed by atoms with Crippen molar-refractivity contribution in [3.8, 4) is 11.4 Å². The van der Waals surface area contributed by atoms with Crippen molar-refractivity contribution in [3.05, 3.63) is 52.7 Å². The summed E-state index contributed by atoms with van der Waals surface area (Å²) < 4.78 is 0. The number of aromatic nitrogens is 4. The van der Waals surface area contributed by atoms with Gasteiger partial charge in [0.1, 0.15) is 5.57 Å². The molecule has 104 valence electrons. The third-order valence-corrected chi connectivity index (χ3v) is 3.56. The number of pyridine rings is 1. The number of nitrogens with one attached hydrogen (secondary N) is 1. The second-order valence-electron chi connectivity index (χ2n) is 4.12. The van der Waals surface area contributed by atoms with Gasteiger partial charge in [-0.25, -0.2) is 9.78 Å². The summed E-state index contributed by atoms with van der Waals surface area (Å²) in [5.41, 5.74) is 0.846. The van der Waals surface area contributed by atoms with Crippen molar-refractivity contribution in [2.45, 2.75) is 0 Å². The van der Waals surface area contributed by atoms with Crippen LogP contribution in [0.1, 0.15) is 10.7 Å². The summed E-state index contributed by atoms with van der Waals surface area (Å²) in [4.78, 5) is 20.4. The number of aliphatic carboxylic acids is 1. The molecule has 7 heteroatoms. The minimum absolute atomic E-state index is 0.0743. The topological polar surface area (TPSA) is 91.8 Å². The molecule has 3 aromatic rings. The van der Waals surface area contributed by atoms with Crippen LogP contribution in [0, 0.1) is 0 Å². The number of thiophene rings is 1. The molecule has 21 heavy (non-hydrogen) atoms. The summed E-state index contributed by atoms with van der Waals surface area (Å²) in [5.74, 6) is -0.394. The Balaban J connectivity index is 1.99. The SMILES string of the molecule is O=C(O)/C(=C/c1cccs1)c1nc(-c2ccncc2)n[nH]1. The Morgan fingerprint density at radius 2 is 2.10 bits per heavy atom. The lowest BCUT2D eigenvalue weighted by molar-refractivity contribution is -0.130. The number of H-pyrrole nitrogens is 1. The highest BCUT2D eigenvalue weighted by Gasteiger charge is 2.16. The third kappa shape index (κ3) is 2.87. The molecule has 0 saturated carbocycles. The second kappa shape index (κ2) is 5.68. The molecule has 0 spiro atoms.